The third-order valence-corrected chi connectivity index (χ3v) is 10.9. The Morgan fingerprint density at radius 3 is 1.38 bits per heavy atom. The predicted octanol–water partition coefficient (Wildman–Crippen LogP) is 4.74. The molecule has 0 atom stereocenters. The fourth-order valence-electron chi connectivity index (χ4n) is 5.56. The van der Waals surface area contributed by atoms with Crippen LogP contribution in [0, 0.1) is 25.5 Å². The molecule has 4 aromatic heterocycles. The molecule has 0 saturated heterocycles. The van der Waals surface area contributed by atoms with Crippen LogP contribution in [-0.2, 0) is 20.0 Å². The van der Waals surface area contributed by atoms with Gasteiger partial charge in [0.2, 0.25) is 20.0 Å². The van der Waals surface area contributed by atoms with Gasteiger partial charge in [0.1, 0.15) is 28.6 Å². The number of rotatable bonds is 8. The molecule has 0 bridgehead atoms. The van der Waals surface area contributed by atoms with Crippen LogP contribution in [0.25, 0.3) is 33.5 Å². The van der Waals surface area contributed by atoms with Crippen LogP contribution in [0.15, 0.2) is 73.1 Å². The number of nitrogens with one attached hydrogen (secondary N) is 1. The molecule has 0 saturated carbocycles. The maximum Gasteiger partial charge on any atom is 0.340 e. The average molecular weight is 835 g/mol. The molecular formula is C36H41ClF2N8O7S2. The molecule has 300 valence electrons. The number of sulfonamides is 2. The minimum atomic E-state index is -3.49. The molecule has 0 aliphatic rings. The van der Waals surface area contributed by atoms with Crippen LogP contribution in [0.1, 0.15) is 31.8 Å². The number of amides is 1. The molecule has 0 aliphatic carbocycles. The van der Waals surface area contributed by atoms with E-state index in [9.17, 15) is 40.3 Å². The summed E-state index contributed by atoms with van der Waals surface area (Å²) < 4.78 is 78.9. The Balaban J connectivity index is 0.000000283. The van der Waals surface area contributed by atoms with E-state index >= 15 is 0 Å². The number of fused-ring (bicyclic) bond motifs is 2. The number of carboxylic acid groups (broad SMARTS) is 1. The van der Waals surface area contributed by atoms with Gasteiger partial charge in [-0.05, 0) is 92.7 Å². The first kappa shape index (κ1) is 44.8. The van der Waals surface area contributed by atoms with E-state index in [1.54, 1.807) is 44.3 Å². The summed E-state index contributed by atoms with van der Waals surface area (Å²) in [7, 11) is -1.07. The lowest BCUT2D eigenvalue weighted by Gasteiger charge is -2.19. The second kappa shape index (κ2) is 17.4. The molecule has 15 nitrogen and oxygen atoms in total. The maximum absolute atomic E-state index is 13.3. The van der Waals surface area contributed by atoms with Crippen LogP contribution >= 0.6 is 12.4 Å². The van der Waals surface area contributed by atoms with E-state index in [1.807, 2.05) is 0 Å². The van der Waals surface area contributed by atoms with Crippen LogP contribution in [-0.4, -0.2) is 93.7 Å². The topological polar surface area (TPSA) is 202 Å². The van der Waals surface area contributed by atoms with Crippen LogP contribution in [0.5, 0.6) is 0 Å². The molecule has 0 unspecified atom stereocenters. The van der Waals surface area contributed by atoms with Gasteiger partial charge >= 0.3 is 5.97 Å². The van der Waals surface area contributed by atoms with Crippen molar-refractivity contribution in [1.82, 2.24) is 24.5 Å². The Hall–Kier alpha value is -5.63. The van der Waals surface area contributed by atoms with Gasteiger partial charge in [-0.25, -0.2) is 39.4 Å². The van der Waals surface area contributed by atoms with Gasteiger partial charge in [0.15, 0.2) is 0 Å². The van der Waals surface area contributed by atoms with Gasteiger partial charge < -0.3 is 16.2 Å². The fraction of sp³-hybridized carbons (Fsp3) is 0.222. The second-order valence-corrected chi connectivity index (χ2v) is 16.2. The number of anilines is 2. The number of aromatic nitrogens is 4. The number of benzene rings is 2. The van der Waals surface area contributed by atoms with E-state index in [1.165, 1.54) is 79.8 Å². The first-order valence-corrected chi connectivity index (χ1v) is 19.9. The van der Waals surface area contributed by atoms with Crippen molar-refractivity contribution in [3.63, 3.8) is 0 Å². The van der Waals surface area contributed by atoms with Crippen LogP contribution in [0.2, 0.25) is 0 Å². The lowest BCUT2D eigenvalue weighted by molar-refractivity contribution is 0.0699. The molecule has 0 fully saturated rings. The van der Waals surface area contributed by atoms with Crippen molar-refractivity contribution in [1.29, 1.82) is 0 Å². The number of carbonyl (C=O) groups excluding carboxylic acids is 1. The summed E-state index contributed by atoms with van der Waals surface area (Å²) in [4.78, 5) is 24.3. The number of halogens is 3. The monoisotopic (exact) mass is 834 g/mol. The highest BCUT2D eigenvalue weighted by atomic mass is 35.5. The fourth-order valence-corrected chi connectivity index (χ4v) is 6.65. The number of hydrogen-bond acceptors (Lipinski definition) is 9. The summed E-state index contributed by atoms with van der Waals surface area (Å²) in [6, 6.07) is 14.3. The van der Waals surface area contributed by atoms with Crippen molar-refractivity contribution in [3.05, 3.63) is 107 Å². The normalized spacial score (nSPS) is 11.1. The van der Waals surface area contributed by atoms with E-state index < -0.39 is 37.7 Å². The standard InChI is InChI=1S/C18H19FN4O3S.C17H16FN3O4S.CH5N.ClH/c1-11-9-14-16(18(24)20-2)17(12-5-7-13(19)8-6-12)21-23(14)10-15(11)22(3)27(4,25)26;1-10-8-13-15(17(22)23)16(11-4-6-12(18)7-5-11)19-21(13)9-14(10)20(2)26(3,24)25;1-2;/h5-10H,1-4H3,(H,20,24);4-9H,1-3H3,(H,22,23);2H2,1H3;1H. The summed E-state index contributed by atoms with van der Waals surface area (Å²) in [6.45, 7) is 3.45. The summed E-state index contributed by atoms with van der Waals surface area (Å²) in [6.07, 6.45) is 5.21. The number of hydrogen-bond donors (Lipinski definition) is 3. The van der Waals surface area contributed by atoms with Gasteiger partial charge in [0, 0.05) is 32.3 Å². The Morgan fingerprint density at radius 2 is 1.05 bits per heavy atom. The number of nitrogens with two attached hydrogens (primary N) is 1. The van der Waals surface area contributed by atoms with Crippen molar-refractivity contribution in [3.8, 4) is 22.5 Å². The second-order valence-electron chi connectivity index (χ2n) is 12.1. The quantitative estimate of drug-likeness (QED) is 0.192. The lowest BCUT2D eigenvalue weighted by atomic mass is 10.1. The van der Waals surface area contributed by atoms with Gasteiger partial charge in [-0.1, -0.05) is 0 Å². The molecule has 56 heavy (non-hydrogen) atoms. The van der Waals surface area contributed by atoms with Crippen molar-refractivity contribution in [2.24, 2.45) is 5.73 Å². The van der Waals surface area contributed by atoms with Gasteiger partial charge in [-0.3, -0.25) is 13.4 Å². The summed E-state index contributed by atoms with van der Waals surface area (Å²) in [5.74, 6) is -2.35. The SMILES string of the molecule is CN.CNC(=O)c1c(-c2ccc(F)cc2)nn2cc(N(C)S(C)(=O)=O)c(C)cc12.Cc1cc2c(C(=O)O)c(-c3ccc(F)cc3)nn2cc1N(C)S(C)(=O)=O.Cl. The third kappa shape index (κ3) is 9.24. The summed E-state index contributed by atoms with van der Waals surface area (Å²) in [5.41, 5.74) is 9.31. The molecule has 0 aliphatic heterocycles. The van der Waals surface area contributed by atoms with Gasteiger partial charge in [-0.15, -0.1) is 12.4 Å². The lowest BCUT2D eigenvalue weighted by Crippen LogP contribution is -2.26. The van der Waals surface area contributed by atoms with Crippen molar-refractivity contribution < 1.29 is 40.3 Å². The van der Waals surface area contributed by atoms with Crippen molar-refractivity contribution in [2.75, 3.05) is 49.3 Å². The highest BCUT2D eigenvalue weighted by Gasteiger charge is 2.25. The van der Waals surface area contributed by atoms with E-state index in [2.05, 4.69) is 21.2 Å². The number of nitrogens with zero attached hydrogens (tertiary/aromatic N) is 6. The molecule has 6 rings (SSSR count). The molecule has 20 heteroatoms. The summed E-state index contributed by atoms with van der Waals surface area (Å²) in [5, 5.41) is 21.0. The van der Waals surface area contributed by atoms with Crippen LogP contribution in [0.4, 0.5) is 20.2 Å². The number of pyridine rings is 2. The summed E-state index contributed by atoms with van der Waals surface area (Å²) >= 11 is 0. The molecule has 0 spiro atoms. The zero-order chi connectivity index (χ0) is 41.2. The molecule has 4 heterocycles. The molecule has 6 aromatic rings. The largest absolute Gasteiger partial charge is 0.478 e. The molecule has 1 amide bonds. The van der Waals surface area contributed by atoms with E-state index in [0.717, 1.165) is 21.1 Å². The zero-order valence-electron chi connectivity index (χ0n) is 31.6. The molecule has 0 radical (unpaired) electrons. The first-order chi connectivity index (χ1) is 25.7. The minimum Gasteiger partial charge on any atom is -0.478 e. The van der Waals surface area contributed by atoms with E-state index in [0.29, 0.717) is 55.9 Å². The Morgan fingerprint density at radius 1 is 0.714 bits per heavy atom. The molecule has 2 aromatic carbocycles. The Bertz CT molecular complexity index is 2630. The smallest absolute Gasteiger partial charge is 0.340 e. The predicted molar refractivity (Wildman–Crippen MR) is 215 cm³/mol. The number of aryl methyl sites for hydroxylation is 2. The van der Waals surface area contributed by atoms with Gasteiger partial charge in [0.25, 0.3) is 5.91 Å². The first-order valence-electron chi connectivity index (χ1n) is 16.2. The van der Waals surface area contributed by atoms with E-state index in [-0.39, 0.29) is 29.6 Å². The minimum absolute atomic E-state index is 0. The van der Waals surface area contributed by atoms with Crippen molar-refractivity contribution in [2.45, 2.75) is 13.8 Å². The van der Waals surface area contributed by atoms with Crippen molar-refractivity contribution >= 4 is 66.7 Å². The highest BCUT2D eigenvalue weighted by Crippen LogP contribution is 2.32. The van der Waals surface area contributed by atoms with Crippen LogP contribution < -0.4 is 19.7 Å². The Labute approximate surface area is 328 Å². The van der Waals surface area contributed by atoms with Crippen LogP contribution in [0.3, 0.4) is 0 Å². The van der Waals surface area contributed by atoms with Gasteiger partial charge in [-0.2, -0.15) is 10.2 Å². The zero-order valence-corrected chi connectivity index (χ0v) is 34.0. The Kier molecular flexibility index (Phi) is 13.9. The molecular weight excluding hydrogens is 794 g/mol. The number of carboxylic acids is 1. The number of aromatic carboxylic acids is 1. The number of carbonyl (C=O) groups is 2. The highest BCUT2D eigenvalue weighted by molar-refractivity contribution is 7.92. The molecule has 4 N–H and O–H groups in total. The third-order valence-electron chi connectivity index (χ3n) is 8.48. The van der Waals surface area contributed by atoms with Gasteiger partial charge in [0.05, 0.1) is 52.9 Å². The average Bonchev–Trinajstić information content (AvgIpc) is 3.69. The maximum atomic E-state index is 13.3. The van der Waals surface area contributed by atoms with E-state index in [4.69, 9.17) is 0 Å².